The van der Waals surface area contributed by atoms with E-state index < -0.39 is 35.6 Å². The quantitative estimate of drug-likeness (QED) is 0.566. The molecule has 1 amide bonds. The number of hydrogen-bond donors (Lipinski definition) is 1. The average molecular weight is 427 g/mol. The molecule has 0 atom stereocenters. The smallest absolute Gasteiger partial charge is 0.460 e. The molecule has 0 saturated carbocycles. The van der Waals surface area contributed by atoms with Crippen LogP contribution in [0.25, 0.3) is 0 Å². The molecule has 6 nitrogen and oxygen atoms in total. The Morgan fingerprint density at radius 1 is 1.10 bits per heavy atom. The van der Waals surface area contributed by atoms with Gasteiger partial charge in [0.2, 0.25) is 0 Å². The summed E-state index contributed by atoms with van der Waals surface area (Å²) in [7, 11) is 1.15. The fraction of sp³-hybridized carbons (Fsp3) is 0.312. The van der Waals surface area contributed by atoms with E-state index in [-0.39, 0.29) is 12.1 Å². The van der Waals surface area contributed by atoms with Gasteiger partial charge in [-0.3, -0.25) is 9.48 Å². The highest BCUT2D eigenvalue weighted by Crippen LogP contribution is 2.46. The maximum absolute atomic E-state index is 13.4. The molecule has 0 saturated heterocycles. The molecule has 0 aliphatic heterocycles. The van der Waals surface area contributed by atoms with E-state index in [1.54, 1.807) is 12.1 Å². The van der Waals surface area contributed by atoms with Gasteiger partial charge >= 0.3 is 29.9 Å². The number of halogens is 7. The van der Waals surface area contributed by atoms with Crippen molar-refractivity contribution in [1.29, 1.82) is 0 Å². The number of anilines is 1. The number of nitrogens with zero attached hydrogens (tertiary/aromatic N) is 2. The third-order valence-corrected chi connectivity index (χ3v) is 3.68. The molecule has 13 heteroatoms. The summed E-state index contributed by atoms with van der Waals surface area (Å²) < 4.78 is 94.6. The Kier molecular flexibility index (Phi) is 5.90. The van der Waals surface area contributed by atoms with Crippen LogP contribution in [0, 0.1) is 0 Å². The van der Waals surface area contributed by atoms with Crippen LogP contribution in [0.4, 0.5) is 36.4 Å². The van der Waals surface area contributed by atoms with Gasteiger partial charge in [-0.2, -0.15) is 35.8 Å². The molecular weight excluding hydrogens is 415 g/mol. The van der Waals surface area contributed by atoms with Gasteiger partial charge in [-0.25, -0.2) is 4.79 Å². The van der Waals surface area contributed by atoms with Crippen LogP contribution in [0.15, 0.2) is 36.7 Å². The molecule has 2 aromatic rings. The molecule has 0 fully saturated rings. The van der Waals surface area contributed by atoms with Crippen LogP contribution in [0.2, 0.25) is 0 Å². The van der Waals surface area contributed by atoms with Gasteiger partial charge in [0.15, 0.2) is 0 Å². The number of methoxy groups -OCH3 is 1. The molecule has 2 rings (SSSR count). The second-order valence-corrected chi connectivity index (χ2v) is 5.68. The molecule has 0 bridgehead atoms. The monoisotopic (exact) mass is 427 g/mol. The first kappa shape index (κ1) is 22.2. The molecule has 1 heterocycles. The van der Waals surface area contributed by atoms with Crippen molar-refractivity contribution >= 4 is 17.6 Å². The Balaban J connectivity index is 2.18. The van der Waals surface area contributed by atoms with E-state index in [1.807, 2.05) is 0 Å². The van der Waals surface area contributed by atoms with Crippen molar-refractivity contribution in [2.75, 3.05) is 12.4 Å². The van der Waals surface area contributed by atoms with Gasteiger partial charge in [0.25, 0.3) is 0 Å². The minimum Gasteiger partial charge on any atom is -0.465 e. The molecule has 1 N–H and O–H groups in total. The number of rotatable bonds is 6. The summed E-state index contributed by atoms with van der Waals surface area (Å²) in [5, 5.41) is 4.95. The molecule has 158 valence electrons. The predicted molar refractivity (Wildman–Crippen MR) is 83.7 cm³/mol. The topological polar surface area (TPSA) is 73.2 Å². The Hall–Kier alpha value is -3.12. The summed E-state index contributed by atoms with van der Waals surface area (Å²) in [6.07, 6.45) is -4.95. The molecule has 29 heavy (non-hydrogen) atoms. The Bertz CT molecular complexity index is 909. The van der Waals surface area contributed by atoms with Crippen molar-refractivity contribution in [2.24, 2.45) is 0 Å². The molecule has 0 radical (unpaired) electrons. The van der Waals surface area contributed by atoms with Gasteiger partial charge in [-0.15, -0.1) is 0 Å². The number of hydrogen-bond acceptors (Lipinski definition) is 4. The Morgan fingerprint density at radius 3 is 2.31 bits per heavy atom. The number of ether oxygens (including phenoxy) is 1. The SMILES string of the molecule is COC(=O)c1ccccc1Cn1cc(NC(=O)C(F)(F)C(F)(F)C(F)(F)F)cn1. The van der Waals surface area contributed by atoms with Crippen LogP contribution in [-0.2, 0) is 16.1 Å². The van der Waals surface area contributed by atoms with E-state index in [0.29, 0.717) is 5.56 Å². The largest absolute Gasteiger partial charge is 0.465 e. The van der Waals surface area contributed by atoms with Gasteiger partial charge < -0.3 is 10.1 Å². The average Bonchev–Trinajstić information content (AvgIpc) is 3.07. The minimum atomic E-state index is -6.63. The molecule has 0 spiro atoms. The van der Waals surface area contributed by atoms with Crippen molar-refractivity contribution in [1.82, 2.24) is 9.78 Å². The number of nitrogens with one attached hydrogen (secondary N) is 1. The van der Waals surface area contributed by atoms with E-state index >= 15 is 0 Å². The third-order valence-electron chi connectivity index (χ3n) is 3.68. The summed E-state index contributed by atoms with van der Waals surface area (Å²) >= 11 is 0. The van der Waals surface area contributed by atoms with Gasteiger partial charge in [0, 0.05) is 6.20 Å². The summed E-state index contributed by atoms with van der Waals surface area (Å²) in [5.41, 5.74) is -0.00935. The van der Waals surface area contributed by atoms with E-state index in [9.17, 15) is 40.3 Å². The molecular formula is C16H12F7N3O3. The Morgan fingerprint density at radius 2 is 1.72 bits per heavy atom. The zero-order chi connectivity index (χ0) is 22.0. The normalized spacial score (nSPS) is 12.6. The predicted octanol–water partition coefficient (Wildman–Crippen LogP) is 3.49. The lowest BCUT2D eigenvalue weighted by Gasteiger charge is -2.26. The lowest BCUT2D eigenvalue weighted by Crippen LogP contribution is -2.57. The van der Waals surface area contributed by atoms with Crippen molar-refractivity contribution in [2.45, 2.75) is 24.6 Å². The fourth-order valence-corrected chi connectivity index (χ4v) is 2.19. The number of carbonyl (C=O) groups excluding carboxylic acids is 2. The number of alkyl halides is 7. The second kappa shape index (κ2) is 7.72. The van der Waals surface area contributed by atoms with Crippen molar-refractivity contribution in [3.05, 3.63) is 47.8 Å². The van der Waals surface area contributed by atoms with Gasteiger partial charge in [-0.1, -0.05) is 18.2 Å². The summed E-state index contributed by atoms with van der Waals surface area (Å²) in [5.74, 6) is -16.1. The van der Waals surface area contributed by atoms with Crippen molar-refractivity contribution in [3.8, 4) is 0 Å². The molecule has 0 aliphatic rings. The van der Waals surface area contributed by atoms with Gasteiger partial charge in [-0.05, 0) is 11.6 Å². The molecule has 0 unspecified atom stereocenters. The number of carbonyl (C=O) groups is 2. The van der Waals surface area contributed by atoms with Crippen LogP contribution < -0.4 is 5.32 Å². The zero-order valence-electron chi connectivity index (χ0n) is 14.4. The van der Waals surface area contributed by atoms with E-state index in [4.69, 9.17) is 0 Å². The van der Waals surface area contributed by atoms with Gasteiger partial charge in [0.05, 0.1) is 31.1 Å². The first-order valence-corrected chi connectivity index (χ1v) is 7.63. The van der Waals surface area contributed by atoms with Crippen LogP contribution in [0.1, 0.15) is 15.9 Å². The second-order valence-electron chi connectivity index (χ2n) is 5.68. The highest BCUT2D eigenvalue weighted by atomic mass is 19.4. The first-order chi connectivity index (χ1) is 13.3. The zero-order valence-corrected chi connectivity index (χ0v) is 14.4. The van der Waals surface area contributed by atoms with Crippen LogP contribution in [-0.4, -0.2) is 46.8 Å². The lowest BCUT2D eigenvalue weighted by molar-refractivity contribution is -0.343. The molecule has 1 aromatic heterocycles. The summed E-state index contributed by atoms with van der Waals surface area (Å²) in [6.45, 7) is -0.115. The standard InChI is InChI=1S/C16H12F7N3O3/c1-29-12(27)11-5-3-2-4-9(11)7-26-8-10(6-24-26)25-13(28)14(17,18)15(19,20)16(21,22)23/h2-6,8H,7H2,1H3,(H,25,28). The van der Waals surface area contributed by atoms with E-state index in [2.05, 4.69) is 9.84 Å². The number of amides is 1. The summed E-state index contributed by atoms with van der Waals surface area (Å²) in [6, 6.07) is 6.08. The fourth-order valence-electron chi connectivity index (χ4n) is 2.19. The highest BCUT2D eigenvalue weighted by Gasteiger charge is 2.76. The number of esters is 1. The van der Waals surface area contributed by atoms with Crippen LogP contribution in [0.5, 0.6) is 0 Å². The number of aromatic nitrogens is 2. The maximum Gasteiger partial charge on any atom is 0.460 e. The first-order valence-electron chi connectivity index (χ1n) is 7.63. The maximum atomic E-state index is 13.4. The van der Waals surface area contributed by atoms with Crippen LogP contribution in [0.3, 0.4) is 0 Å². The molecule has 1 aromatic carbocycles. The van der Waals surface area contributed by atoms with Crippen LogP contribution >= 0.6 is 0 Å². The minimum absolute atomic E-state index is 0.115. The van der Waals surface area contributed by atoms with E-state index in [0.717, 1.165) is 24.2 Å². The van der Waals surface area contributed by atoms with E-state index in [1.165, 1.54) is 17.4 Å². The van der Waals surface area contributed by atoms with Crippen molar-refractivity contribution in [3.63, 3.8) is 0 Å². The van der Waals surface area contributed by atoms with Crippen molar-refractivity contribution < 1.29 is 45.1 Å². The third kappa shape index (κ3) is 4.32. The van der Waals surface area contributed by atoms with Gasteiger partial charge in [0.1, 0.15) is 0 Å². The molecule has 0 aliphatic carbocycles. The highest BCUT2D eigenvalue weighted by molar-refractivity contribution is 5.96. The number of benzene rings is 1. The summed E-state index contributed by atoms with van der Waals surface area (Å²) in [4.78, 5) is 23.0. The Labute approximate surface area is 158 Å². The lowest BCUT2D eigenvalue weighted by atomic mass is 10.1.